The average Bonchev–Trinajstić information content (AvgIpc) is 2.78. The molecule has 2 N–H and O–H groups in total. The van der Waals surface area contributed by atoms with Crippen molar-refractivity contribution in [3.63, 3.8) is 0 Å². The van der Waals surface area contributed by atoms with Crippen molar-refractivity contribution in [2.24, 2.45) is 0 Å². The van der Waals surface area contributed by atoms with Crippen molar-refractivity contribution in [1.29, 1.82) is 0 Å². The molecule has 1 heterocycles. The Morgan fingerprint density at radius 2 is 2.05 bits per heavy atom. The van der Waals surface area contributed by atoms with Crippen molar-refractivity contribution < 1.29 is 9.53 Å². The minimum Gasteiger partial charge on any atom is -0.444 e. The normalized spacial score (nSPS) is 11.4. The van der Waals surface area contributed by atoms with Crippen LogP contribution in [0.1, 0.15) is 27.2 Å². The van der Waals surface area contributed by atoms with E-state index >= 15 is 0 Å². The maximum absolute atomic E-state index is 11.4. The van der Waals surface area contributed by atoms with Gasteiger partial charge in [-0.25, -0.2) is 9.78 Å². The van der Waals surface area contributed by atoms with Crippen molar-refractivity contribution in [3.05, 3.63) is 24.3 Å². The monoisotopic (exact) mass is 307 g/mol. The number of aromatic nitrogens is 1. The van der Waals surface area contributed by atoms with Gasteiger partial charge >= 0.3 is 6.09 Å². The summed E-state index contributed by atoms with van der Waals surface area (Å²) >= 11 is 1.64. The zero-order valence-corrected chi connectivity index (χ0v) is 13.4. The molecule has 0 radical (unpaired) electrons. The van der Waals surface area contributed by atoms with Crippen molar-refractivity contribution in [1.82, 2.24) is 10.3 Å². The van der Waals surface area contributed by atoms with Crippen LogP contribution in [0.25, 0.3) is 10.2 Å². The molecular formula is C15H21N3O2S. The van der Waals surface area contributed by atoms with Crippen molar-refractivity contribution >= 4 is 32.8 Å². The van der Waals surface area contributed by atoms with Crippen molar-refractivity contribution in [2.75, 3.05) is 18.4 Å². The van der Waals surface area contributed by atoms with Crippen LogP contribution >= 0.6 is 11.3 Å². The van der Waals surface area contributed by atoms with Crippen molar-refractivity contribution in [2.45, 2.75) is 32.8 Å². The van der Waals surface area contributed by atoms with Gasteiger partial charge in [0.05, 0.1) is 10.2 Å². The predicted molar refractivity (Wildman–Crippen MR) is 87.0 cm³/mol. The van der Waals surface area contributed by atoms with Gasteiger partial charge in [0, 0.05) is 13.1 Å². The summed E-state index contributed by atoms with van der Waals surface area (Å²) < 4.78 is 6.33. The molecule has 0 bridgehead atoms. The molecule has 0 saturated carbocycles. The van der Waals surface area contributed by atoms with Gasteiger partial charge in [0.1, 0.15) is 5.60 Å². The Kier molecular flexibility index (Phi) is 5.01. The van der Waals surface area contributed by atoms with E-state index in [2.05, 4.69) is 21.7 Å². The molecule has 0 saturated heterocycles. The number of carbonyl (C=O) groups excluding carboxylic acids is 1. The summed E-state index contributed by atoms with van der Waals surface area (Å²) in [6, 6.07) is 8.05. The smallest absolute Gasteiger partial charge is 0.407 e. The number of rotatable bonds is 5. The first kappa shape index (κ1) is 15.6. The summed E-state index contributed by atoms with van der Waals surface area (Å²) in [7, 11) is 0. The summed E-state index contributed by atoms with van der Waals surface area (Å²) in [5.41, 5.74) is 0.556. The van der Waals surface area contributed by atoms with Crippen molar-refractivity contribution in [3.8, 4) is 0 Å². The average molecular weight is 307 g/mol. The first-order chi connectivity index (χ1) is 9.94. The number of nitrogens with zero attached hydrogens (tertiary/aromatic N) is 1. The van der Waals surface area contributed by atoms with Crippen LogP contribution in [-0.4, -0.2) is 29.8 Å². The molecule has 1 aromatic heterocycles. The van der Waals surface area contributed by atoms with Crippen LogP contribution in [0.3, 0.4) is 0 Å². The Bertz CT molecular complexity index is 571. The molecule has 1 aromatic carbocycles. The third kappa shape index (κ3) is 5.23. The van der Waals surface area contributed by atoms with E-state index in [0.29, 0.717) is 6.54 Å². The molecule has 0 fully saturated rings. The third-order valence-electron chi connectivity index (χ3n) is 2.59. The van der Waals surface area contributed by atoms with E-state index in [1.165, 1.54) is 4.70 Å². The van der Waals surface area contributed by atoms with Gasteiger partial charge in [0.25, 0.3) is 0 Å². The van der Waals surface area contributed by atoms with Crippen LogP contribution < -0.4 is 10.6 Å². The molecule has 0 unspecified atom stereocenters. The second kappa shape index (κ2) is 6.76. The van der Waals surface area contributed by atoms with Crippen LogP contribution in [-0.2, 0) is 4.74 Å². The molecule has 2 rings (SSSR count). The number of para-hydroxylation sites is 1. The van der Waals surface area contributed by atoms with Gasteiger partial charge in [-0.3, -0.25) is 0 Å². The number of thiazole rings is 1. The Labute approximate surface area is 128 Å². The first-order valence-corrected chi connectivity index (χ1v) is 7.82. The molecule has 5 nitrogen and oxygen atoms in total. The molecule has 21 heavy (non-hydrogen) atoms. The first-order valence-electron chi connectivity index (χ1n) is 7.00. The fraction of sp³-hybridized carbons (Fsp3) is 0.467. The second-order valence-electron chi connectivity index (χ2n) is 5.70. The van der Waals surface area contributed by atoms with Crippen LogP contribution in [0.4, 0.5) is 9.93 Å². The van der Waals surface area contributed by atoms with E-state index < -0.39 is 5.60 Å². The number of benzene rings is 1. The lowest BCUT2D eigenvalue weighted by molar-refractivity contribution is 0.0528. The maximum Gasteiger partial charge on any atom is 0.407 e. The Morgan fingerprint density at radius 1 is 1.29 bits per heavy atom. The van der Waals surface area contributed by atoms with Gasteiger partial charge in [0.15, 0.2) is 5.13 Å². The zero-order chi connectivity index (χ0) is 15.3. The number of amides is 1. The van der Waals surface area contributed by atoms with E-state index in [4.69, 9.17) is 4.74 Å². The van der Waals surface area contributed by atoms with E-state index in [1.807, 2.05) is 39.0 Å². The number of ether oxygens (including phenoxy) is 1. The minimum atomic E-state index is -0.455. The van der Waals surface area contributed by atoms with Crippen LogP contribution in [0, 0.1) is 0 Å². The molecule has 1 amide bonds. The second-order valence-corrected chi connectivity index (χ2v) is 6.73. The molecule has 0 aliphatic carbocycles. The number of nitrogens with one attached hydrogen (secondary N) is 2. The minimum absolute atomic E-state index is 0.373. The third-order valence-corrected chi connectivity index (χ3v) is 3.59. The molecule has 0 atom stereocenters. The van der Waals surface area contributed by atoms with Gasteiger partial charge in [-0.05, 0) is 39.3 Å². The molecule has 2 aromatic rings. The highest BCUT2D eigenvalue weighted by molar-refractivity contribution is 7.22. The quantitative estimate of drug-likeness (QED) is 0.828. The predicted octanol–water partition coefficient (Wildman–Crippen LogP) is 3.62. The number of alkyl carbamates (subject to hydrolysis) is 1. The summed E-state index contributed by atoms with van der Waals surface area (Å²) in [5, 5.41) is 6.92. The zero-order valence-electron chi connectivity index (χ0n) is 12.6. The fourth-order valence-electron chi connectivity index (χ4n) is 1.74. The Hall–Kier alpha value is -1.82. The number of fused-ring (bicyclic) bond motifs is 1. The molecule has 6 heteroatoms. The standard InChI is InChI=1S/C15H21N3O2S/c1-15(2,3)20-14(19)17-10-6-9-16-13-18-11-7-4-5-8-12(11)21-13/h4-5,7-8H,6,9-10H2,1-3H3,(H,16,18)(H,17,19). The number of carbonyl (C=O) groups is 1. The highest BCUT2D eigenvalue weighted by atomic mass is 32.1. The molecule has 0 aliphatic rings. The maximum atomic E-state index is 11.4. The van der Waals surface area contributed by atoms with E-state index in [9.17, 15) is 4.79 Å². The van der Waals surface area contributed by atoms with E-state index in [-0.39, 0.29) is 6.09 Å². The Morgan fingerprint density at radius 3 is 2.76 bits per heavy atom. The van der Waals surface area contributed by atoms with E-state index in [0.717, 1.165) is 23.6 Å². The summed E-state index contributed by atoms with van der Waals surface area (Å²) in [6.07, 6.45) is 0.442. The molecule has 0 aliphatic heterocycles. The highest BCUT2D eigenvalue weighted by Crippen LogP contribution is 2.25. The molecular weight excluding hydrogens is 286 g/mol. The Balaban J connectivity index is 1.67. The lowest BCUT2D eigenvalue weighted by atomic mass is 10.2. The molecule has 114 valence electrons. The lowest BCUT2D eigenvalue weighted by Crippen LogP contribution is -2.33. The summed E-state index contributed by atoms with van der Waals surface area (Å²) in [5.74, 6) is 0. The number of anilines is 1. The topological polar surface area (TPSA) is 63.2 Å². The van der Waals surface area contributed by atoms with Crippen LogP contribution in [0.15, 0.2) is 24.3 Å². The number of hydrogen-bond donors (Lipinski definition) is 2. The van der Waals surface area contributed by atoms with Gasteiger partial charge in [-0.1, -0.05) is 23.5 Å². The largest absolute Gasteiger partial charge is 0.444 e. The summed E-state index contributed by atoms with van der Waals surface area (Å²) in [4.78, 5) is 15.9. The SMILES string of the molecule is CC(C)(C)OC(=O)NCCCNc1nc2ccccc2s1. The number of hydrogen-bond acceptors (Lipinski definition) is 5. The van der Waals surface area contributed by atoms with Gasteiger partial charge < -0.3 is 15.4 Å². The van der Waals surface area contributed by atoms with Crippen LogP contribution in [0.5, 0.6) is 0 Å². The van der Waals surface area contributed by atoms with E-state index in [1.54, 1.807) is 11.3 Å². The van der Waals surface area contributed by atoms with Crippen LogP contribution in [0.2, 0.25) is 0 Å². The fourth-order valence-corrected chi connectivity index (χ4v) is 2.63. The van der Waals surface area contributed by atoms with Gasteiger partial charge in [-0.2, -0.15) is 0 Å². The highest BCUT2D eigenvalue weighted by Gasteiger charge is 2.15. The van der Waals surface area contributed by atoms with Gasteiger partial charge in [-0.15, -0.1) is 0 Å². The lowest BCUT2D eigenvalue weighted by Gasteiger charge is -2.19. The summed E-state index contributed by atoms with van der Waals surface area (Å²) in [6.45, 7) is 6.88. The molecule has 0 spiro atoms. The van der Waals surface area contributed by atoms with Gasteiger partial charge in [0.2, 0.25) is 0 Å².